The molecule has 0 bridgehead atoms. The third-order valence-corrected chi connectivity index (χ3v) is 12.1. The van der Waals surface area contributed by atoms with Crippen LogP contribution in [0.15, 0.2) is 158 Å². The van der Waals surface area contributed by atoms with E-state index in [4.69, 9.17) is 13.6 Å². The molecular weight excluding hydrogens is 735 g/mol. The molecule has 61 heavy (non-hydrogen) atoms. The molecule has 0 saturated carbocycles. The van der Waals surface area contributed by atoms with Gasteiger partial charge in [-0.3, -0.25) is 0 Å². The van der Waals surface area contributed by atoms with Crippen molar-refractivity contribution in [1.82, 2.24) is 0 Å². The first-order chi connectivity index (χ1) is 29.6. The number of allylic oxidation sites excluding steroid dienone is 6. The third-order valence-electron chi connectivity index (χ3n) is 12.1. The second-order valence-electron chi connectivity index (χ2n) is 16.4. The van der Waals surface area contributed by atoms with Gasteiger partial charge in [0.05, 0.1) is 0 Å². The maximum absolute atomic E-state index is 7.00. The topological polar surface area (TPSA) is 38.0 Å². The summed E-state index contributed by atoms with van der Waals surface area (Å²) < 4.78 is 0. The quantitative estimate of drug-likeness (QED) is 0.0627. The van der Waals surface area contributed by atoms with Crippen molar-refractivity contribution in [3.8, 4) is 44.5 Å². The van der Waals surface area contributed by atoms with Crippen LogP contribution < -0.4 is 16.5 Å². The number of nitrogens with one attached hydrogen (secondary N) is 1. The van der Waals surface area contributed by atoms with E-state index in [0.717, 1.165) is 68.6 Å². The van der Waals surface area contributed by atoms with E-state index in [1.54, 1.807) is 0 Å². The first-order valence-electron chi connectivity index (χ1n) is 21.3. The van der Waals surface area contributed by atoms with Crippen molar-refractivity contribution in [2.75, 3.05) is 18.1 Å². The predicted octanol–water partition coefficient (Wildman–Crippen LogP) is 14.2. The number of benzene rings is 7. The molecule has 3 N–H and O–H groups in total. The fourth-order valence-corrected chi connectivity index (χ4v) is 9.25. The average molecular weight is 789 g/mol. The molecule has 0 amide bonds. The fourth-order valence-electron chi connectivity index (χ4n) is 9.25. The van der Waals surface area contributed by atoms with Crippen molar-refractivity contribution < 1.29 is 0 Å². The molecular formula is C58H53BN2. The molecule has 0 heterocycles. The van der Waals surface area contributed by atoms with Crippen LogP contribution in [0.3, 0.4) is 0 Å². The first-order valence-corrected chi connectivity index (χ1v) is 21.3. The third kappa shape index (κ3) is 8.47. The summed E-state index contributed by atoms with van der Waals surface area (Å²) in [5, 5.41) is 3.53. The molecule has 0 aromatic heterocycles. The van der Waals surface area contributed by atoms with Gasteiger partial charge in [-0.25, -0.2) is 0 Å². The zero-order valence-corrected chi connectivity index (χ0v) is 36.2. The average Bonchev–Trinajstić information content (AvgIpc) is 3.27. The van der Waals surface area contributed by atoms with Crippen LogP contribution in [-0.4, -0.2) is 14.9 Å². The summed E-state index contributed by atoms with van der Waals surface area (Å²) in [7, 11) is 9.01. The Balaban J connectivity index is 1.26. The molecule has 0 aliphatic heterocycles. The summed E-state index contributed by atoms with van der Waals surface area (Å²) in [5.74, 6) is 0. The van der Waals surface area contributed by atoms with Gasteiger partial charge in [0.25, 0.3) is 0 Å². The van der Waals surface area contributed by atoms with Gasteiger partial charge < -0.3 is 11.1 Å². The van der Waals surface area contributed by atoms with Gasteiger partial charge in [0.2, 0.25) is 0 Å². The molecule has 8 rings (SSSR count). The van der Waals surface area contributed by atoms with E-state index in [2.05, 4.69) is 210 Å². The molecule has 7 aromatic rings. The van der Waals surface area contributed by atoms with E-state index < -0.39 is 0 Å². The van der Waals surface area contributed by atoms with Gasteiger partial charge in [0, 0.05) is 29.5 Å². The van der Waals surface area contributed by atoms with E-state index >= 15 is 0 Å². The van der Waals surface area contributed by atoms with Gasteiger partial charge in [-0.1, -0.05) is 151 Å². The van der Waals surface area contributed by atoms with Gasteiger partial charge >= 0.3 is 0 Å². The van der Waals surface area contributed by atoms with Crippen molar-refractivity contribution >= 4 is 48.0 Å². The zero-order chi connectivity index (χ0) is 42.6. The van der Waals surface area contributed by atoms with Crippen LogP contribution in [0.25, 0.3) is 67.8 Å². The van der Waals surface area contributed by atoms with E-state index in [9.17, 15) is 0 Å². The Hall–Kier alpha value is -6.84. The minimum absolute atomic E-state index is 0.725. The second-order valence-corrected chi connectivity index (χ2v) is 16.4. The largest absolute Gasteiger partial charge is 0.398 e. The molecule has 1 aliphatic carbocycles. The van der Waals surface area contributed by atoms with Crippen molar-refractivity contribution in [2.45, 2.75) is 47.5 Å². The molecule has 1 aliphatic rings. The first kappa shape index (κ1) is 40.9. The number of aryl methyl sites for hydroxylation is 4. The highest BCUT2D eigenvalue weighted by Crippen LogP contribution is 2.42. The summed E-state index contributed by atoms with van der Waals surface area (Å²) in [6.45, 7) is 11.0. The highest BCUT2D eigenvalue weighted by Gasteiger charge is 2.20. The van der Waals surface area contributed by atoms with Crippen LogP contribution in [0.2, 0.25) is 0 Å². The van der Waals surface area contributed by atoms with Gasteiger partial charge in [-0.05, 0) is 167 Å². The smallest absolute Gasteiger partial charge is 0.114 e. The molecule has 2 radical (unpaired) electrons. The van der Waals surface area contributed by atoms with Crippen molar-refractivity contribution in [1.29, 1.82) is 0 Å². The molecule has 0 saturated heterocycles. The minimum Gasteiger partial charge on any atom is -0.398 e. The van der Waals surface area contributed by atoms with Crippen LogP contribution >= 0.6 is 0 Å². The summed E-state index contributed by atoms with van der Waals surface area (Å²) in [6.07, 6.45) is 15.0. The Morgan fingerprint density at radius 2 is 1.33 bits per heavy atom. The Kier molecular flexibility index (Phi) is 11.9. The number of hydrogen-bond acceptors (Lipinski definition) is 2. The number of nitrogens with two attached hydrogens (primary N) is 1. The summed E-state index contributed by atoms with van der Waals surface area (Å²) in [6, 6.07) is 47.7. The zero-order valence-electron chi connectivity index (χ0n) is 36.2. The van der Waals surface area contributed by atoms with Gasteiger partial charge in [0.1, 0.15) is 7.85 Å². The predicted molar refractivity (Wildman–Crippen MR) is 267 cm³/mol. The summed E-state index contributed by atoms with van der Waals surface area (Å²) in [5.41, 5.74) is 31.9. The van der Waals surface area contributed by atoms with Crippen molar-refractivity contribution in [2.24, 2.45) is 0 Å². The van der Waals surface area contributed by atoms with Crippen LogP contribution in [0.1, 0.15) is 63.4 Å². The Bertz CT molecular complexity index is 2870. The Morgan fingerprint density at radius 3 is 2.03 bits per heavy atom. The highest BCUT2D eigenvalue weighted by molar-refractivity contribution is 6.35. The molecule has 0 unspecified atom stereocenters. The number of rotatable bonds is 10. The van der Waals surface area contributed by atoms with Crippen LogP contribution in [0, 0.1) is 27.7 Å². The number of hydrogen-bond donors (Lipinski definition) is 2. The number of anilines is 2. The highest BCUT2D eigenvalue weighted by atomic mass is 14.8. The lowest BCUT2D eigenvalue weighted by molar-refractivity contribution is 0.981. The lowest BCUT2D eigenvalue weighted by Crippen LogP contribution is -2.09. The summed E-state index contributed by atoms with van der Waals surface area (Å²) in [4.78, 5) is 0. The maximum atomic E-state index is 7.00. The SMILES string of the molecule is [B]c1cc(-c2cccc(-c3ccccc3)c2)c(-c2c(C)cc(C)cc2C)cc1/C=C/C=C\C(=C(/C)c1cc(-c2ccccc2)cc(C)c1NC)c1c(N)ccc2c1CCC=C2. The van der Waals surface area contributed by atoms with Crippen LogP contribution in [0.4, 0.5) is 11.4 Å². The Labute approximate surface area is 364 Å². The molecule has 0 fully saturated rings. The van der Waals surface area contributed by atoms with E-state index in [1.165, 1.54) is 66.8 Å². The fraction of sp³-hybridized carbons (Fsp3) is 0.138. The lowest BCUT2D eigenvalue weighted by Gasteiger charge is -2.22. The maximum Gasteiger partial charge on any atom is 0.114 e. The monoisotopic (exact) mass is 788 g/mol. The lowest BCUT2D eigenvalue weighted by atomic mass is 9.81. The molecule has 0 atom stereocenters. The van der Waals surface area contributed by atoms with E-state index in [1.807, 2.05) is 7.05 Å². The summed E-state index contributed by atoms with van der Waals surface area (Å²) >= 11 is 0. The second kappa shape index (κ2) is 17.8. The number of fused-ring (bicyclic) bond motifs is 1. The molecule has 7 aromatic carbocycles. The molecule has 2 nitrogen and oxygen atoms in total. The molecule has 3 heteroatoms. The standard InChI is InChI=1S/C58H53BN2/c1-37-30-38(2)56(39(3)31-37)53-34-47(54(59)36-52(53)46-25-17-24-45(33-46)42-18-9-7-10-19-42)23-14-15-26-49(57-50-27-16-13-22-44(50)28-29-55(57)60)41(5)51-35-48(32-40(4)58(51)61-6)43-20-11-8-12-21-43/h7-15,17-26,28-36,61H,16,27,60H2,1-6H3/b23-14+,26-15-,49-41-. The molecule has 298 valence electrons. The van der Waals surface area contributed by atoms with Gasteiger partial charge in [-0.15, -0.1) is 0 Å². The normalized spacial score (nSPS) is 12.8. The van der Waals surface area contributed by atoms with Crippen molar-refractivity contribution in [3.63, 3.8) is 0 Å². The van der Waals surface area contributed by atoms with Crippen molar-refractivity contribution in [3.05, 3.63) is 208 Å². The van der Waals surface area contributed by atoms with Crippen LogP contribution in [0.5, 0.6) is 0 Å². The van der Waals surface area contributed by atoms with Gasteiger partial charge in [0.15, 0.2) is 0 Å². The minimum atomic E-state index is 0.725. The van der Waals surface area contributed by atoms with E-state index in [-0.39, 0.29) is 0 Å². The van der Waals surface area contributed by atoms with E-state index in [0.29, 0.717) is 0 Å². The van der Waals surface area contributed by atoms with Crippen LogP contribution in [-0.2, 0) is 6.42 Å². The number of nitrogen functional groups attached to an aromatic ring is 1. The Morgan fingerprint density at radius 1 is 0.656 bits per heavy atom. The molecule has 0 spiro atoms. The van der Waals surface area contributed by atoms with Gasteiger partial charge in [-0.2, -0.15) is 0 Å².